The van der Waals surface area contributed by atoms with E-state index in [1.165, 1.54) is 0 Å². The van der Waals surface area contributed by atoms with Crippen molar-refractivity contribution in [1.82, 2.24) is 4.98 Å². The average molecular weight is 237 g/mol. The number of aromatic nitrogens is 1. The molecule has 0 aliphatic carbocycles. The zero-order valence-electron chi connectivity index (χ0n) is 10.7. The summed E-state index contributed by atoms with van der Waals surface area (Å²) in [5, 5.41) is 2.70. The molecule has 5 nitrogen and oxygen atoms in total. The van der Waals surface area contributed by atoms with Gasteiger partial charge in [-0.3, -0.25) is 4.79 Å². The lowest BCUT2D eigenvalue weighted by Crippen LogP contribution is -2.45. The molecule has 0 saturated heterocycles. The van der Waals surface area contributed by atoms with Gasteiger partial charge in [0.15, 0.2) is 0 Å². The second-order valence-corrected chi connectivity index (χ2v) is 4.70. The van der Waals surface area contributed by atoms with E-state index in [0.717, 1.165) is 0 Å². The topological polar surface area (TPSA) is 77.2 Å². The molecule has 1 aromatic rings. The van der Waals surface area contributed by atoms with Crippen molar-refractivity contribution in [3.05, 3.63) is 18.3 Å². The van der Waals surface area contributed by atoms with E-state index in [1.807, 2.05) is 13.8 Å². The molecule has 1 rings (SSSR count). The van der Waals surface area contributed by atoms with E-state index in [9.17, 15) is 4.79 Å². The predicted octanol–water partition coefficient (Wildman–Crippen LogP) is 1.54. The molecule has 1 amide bonds. The van der Waals surface area contributed by atoms with Gasteiger partial charge in [0.1, 0.15) is 5.69 Å². The first-order valence-electron chi connectivity index (χ1n) is 5.52. The van der Waals surface area contributed by atoms with Gasteiger partial charge in [-0.25, -0.2) is 4.98 Å². The van der Waals surface area contributed by atoms with Crippen molar-refractivity contribution in [3.8, 4) is 5.88 Å². The van der Waals surface area contributed by atoms with Gasteiger partial charge in [0.2, 0.25) is 11.8 Å². The molecule has 5 heteroatoms. The molecular formula is C12H19N3O2. The first-order valence-corrected chi connectivity index (χ1v) is 5.52. The Morgan fingerprint density at radius 2 is 2.18 bits per heavy atom. The highest BCUT2D eigenvalue weighted by atomic mass is 16.5. The van der Waals surface area contributed by atoms with Crippen molar-refractivity contribution in [1.29, 1.82) is 0 Å². The zero-order chi connectivity index (χ0) is 13.1. The van der Waals surface area contributed by atoms with Crippen molar-refractivity contribution in [2.45, 2.75) is 39.3 Å². The molecule has 17 heavy (non-hydrogen) atoms. The summed E-state index contributed by atoms with van der Waals surface area (Å²) in [6.45, 7) is 7.07. The fourth-order valence-electron chi connectivity index (χ4n) is 1.09. The van der Waals surface area contributed by atoms with E-state index in [-0.39, 0.29) is 12.0 Å². The van der Waals surface area contributed by atoms with Crippen LogP contribution in [-0.2, 0) is 4.79 Å². The summed E-state index contributed by atoms with van der Waals surface area (Å²) in [6, 6.07) is 3.46. The summed E-state index contributed by atoms with van der Waals surface area (Å²) in [6.07, 6.45) is 1.60. The van der Waals surface area contributed by atoms with Crippen LogP contribution in [0.1, 0.15) is 27.7 Å². The van der Waals surface area contributed by atoms with E-state index in [0.29, 0.717) is 11.6 Å². The van der Waals surface area contributed by atoms with Crippen LogP contribution in [-0.4, -0.2) is 22.5 Å². The second kappa shape index (κ2) is 5.14. The molecule has 1 aromatic heterocycles. The highest BCUT2D eigenvalue weighted by Gasteiger charge is 2.23. The number of anilines is 1. The van der Waals surface area contributed by atoms with E-state index in [2.05, 4.69) is 10.3 Å². The van der Waals surface area contributed by atoms with Crippen LogP contribution >= 0.6 is 0 Å². The molecule has 0 aliphatic heterocycles. The number of nitrogens with one attached hydrogen (secondary N) is 1. The van der Waals surface area contributed by atoms with Crippen LogP contribution in [0.4, 0.5) is 5.69 Å². The van der Waals surface area contributed by atoms with Gasteiger partial charge in [0.25, 0.3) is 0 Å². The highest BCUT2D eigenvalue weighted by Crippen LogP contribution is 2.22. The lowest BCUT2D eigenvalue weighted by atomic mass is 10.1. The molecule has 0 saturated carbocycles. The number of pyridine rings is 1. The number of carbonyl (C=O) groups excluding carboxylic acids is 1. The Morgan fingerprint density at radius 1 is 1.53 bits per heavy atom. The molecule has 0 aliphatic rings. The Bertz CT molecular complexity index is 397. The van der Waals surface area contributed by atoms with Crippen molar-refractivity contribution in [2.24, 2.45) is 5.73 Å². The van der Waals surface area contributed by atoms with Crippen molar-refractivity contribution in [3.63, 3.8) is 0 Å². The molecule has 0 aromatic carbocycles. The van der Waals surface area contributed by atoms with Gasteiger partial charge in [-0.05, 0) is 39.8 Å². The van der Waals surface area contributed by atoms with E-state index in [1.54, 1.807) is 32.2 Å². The van der Waals surface area contributed by atoms with Crippen LogP contribution in [0.25, 0.3) is 0 Å². The third-order valence-electron chi connectivity index (χ3n) is 1.95. The fourth-order valence-corrected chi connectivity index (χ4v) is 1.09. The van der Waals surface area contributed by atoms with Gasteiger partial charge in [0, 0.05) is 6.20 Å². The van der Waals surface area contributed by atoms with Crippen LogP contribution in [0, 0.1) is 0 Å². The van der Waals surface area contributed by atoms with Gasteiger partial charge >= 0.3 is 0 Å². The predicted molar refractivity (Wildman–Crippen MR) is 66.9 cm³/mol. The maximum absolute atomic E-state index is 11.8. The molecular weight excluding hydrogens is 218 g/mol. The fraction of sp³-hybridized carbons (Fsp3) is 0.500. The minimum Gasteiger partial charge on any atom is -0.473 e. The average Bonchev–Trinajstić information content (AvgIpc) is 2.18. The molecule has 94 valence electrons. The third kappa shape index (κ3) is 4.03. The summed E-state index contributed by atoms with van der Waals surface area (Å²) in [7, 11) is 0. The minimum atomic E-state index is -0.940. The number of amides is 1. The Hall–Kier alpha value is -1.62. The normalized spacial score (nSPS) is 11.4. The zero-order valence-corrected chi connectivity index (χ0v) is 10.7. The van der Waals surface area contributed by atoms with Crippen LogP contribution < -0.4 is 15.8 Å². The Morgan fingerprint density at radius 3 is 2.71 bits per heavy atom. The minimum absolute atomic E-state index is 0.00793. The van der Waals surface area contributed by atoms with Crippen LogP contribution in [0.3, 0.4) is 0 Å². The lowest BCUT2D eigenvalue weighted by molar-refractivity contribution is -0.120. The first kappa shape index (κ1) is 13.4. The van der Waals surface area contributed by atoms with Crippen molar-refractivity contribution >= 4 is 11.6 Å². The largest absolute Gasteiger partial charge is 0.473 e. The maximum atomic E-state index is 11.8. The second-order valence-electron chi connectivity index (χ2n) is 4.70. The molecule has 3 N–H and O–H groups in total. The smallest absolute Gasteiger partial charge is 0.244 e. The summed E-state index contributed by atoms with van der Waals surface area (Å²) < 4.78 is 5.49. The van der Waals surface area contributed by atoms with E-state index in [4.69, 9.17) is 10.5 Å². The Balaban J connectivity index is 2.87. The third-order valence-corrected chi connectivity index (χ3v) is 1.95. The summed E-state index contributed by atoms with van der Waals surface area (Å²) in [5.41, 5.74) is 5.30. The van der Waals surface area contributed by atoms with Crippen LogP contribution in [0.5, 0.6) is 5.88 Å². The number of rotatable bonds is 4. The number of hydrogen-bond donors (Lipinski definition) is 2. The number of hydrogen-bond acceptors (Lipinski definition) is 4. The molecule has 0 bridgehead atoms. The van der Waals surface area contributed by atoms with Gasteiger partial charge in [0.05, 0.1) is 11.6 Å². The lowest BCUT2D eigenvalue weighted by Gasteiger charge is -2.19. The van der Waals surface area contributed by atoms with Gasteiger partial charge < -0.3 is 15.8 Å². The highest BCUT2D eigenvalue weighted by molar-refractivity contribution is 5.98. The van der Waals surface area contributed by atoms with Gasteiger partial charge in [-0.2, -0.15) is 0 Å². The Labute approximate surface area is 101 Å². The number of ether oxygens (including phenoxy) is 1. The van der Waals surface area contributed by atoms with Gasteiger partial charge in [-0.1, -0.05) is 0 Å². The molecule has 1 heterocycles. The van der Waals surface area contributed by atoms with Gasteiger partial charge in [-0.15, -0.1) is 0 Å². The van der Waals surface area contributed by atoms with E-state index >= 15 is 0 Å². The molecule has 0 radical (unpaired) electrons. The first-order chi connectivity index (χ1) is 7.80. The Kier molecular flexibility index (Phi) is 4.07. The maximum Gasteiger partial charge on any atom is 0.244 e. The molecule has 0 spiro atoms. The van der Waals surface area contributed by atoms with Crippen LogP contribution in [0.2, 0.25) is 0 Å². The van der Waals surface area contributed by atoms with Crippen molar-refractivity contribution in [2.75, 3.05) is 5.32 Å². The summed E-state index contributed by atoms with van der Waals surface area (Å²) in [4.78, 5) is 15.8. The number of nitrogens with zero attached hydrogens (tertiary/aromatic N) is 1. The molecule has 0 atom stereocenters. The summed E-state index contributed by atoms with van der Waals surface area (Å²) >= 11 is 0. The number of nitrogens with two attached hydrogens (primary N) is 1. The SMILES string of the molecule is CC(C)Oc1ncccc1NC(=O)C(C)(C)N. The monoisotopic (exact) mass is 237 g/mol. The quantitative estimate of drug-likeness (QED) is 0.832. The standard InChI is InChI=1S/C12H19N3O2/c1-8(2)17-10-9(6-5-7-14-10)15-11(16)12(3,4)13/h5-8H,13H2,1-4H3,(H,15,16). The van der Waals surface area contributed by atoms with Crippen LogP contribution in [0.15, 0.2) is 18.3 Å². The molecule has 0 unspecified atom stereocenters. The van der Waals surface area contributed by atoms with Crippen molar-refractivity contribution < 1.29 is 9.53 Å². The van der Waals surface area contributed by atoms with E-state index < -0.39 is 5.54 Å². The molecule has 0 fully saturated rings. The number of carbonyl (C=O) groups is 1. The summed E-state index contributed by atoms with van der Waals surface area (Å²) in [5.74, 6) is 0.124.